The van der Waals surface area contributed by atoms with Crippen LogP contribution in [-0.4, -0.2) is 83.2 Å². The van der Waals surface area contributed by atoms with Crippen molar-refractivity contribution in [3.05, 3.63) is 53.6 Å². The number of carbonyl (C=O) groups excluding carboxylic acids is 3. The first-order valence-corrected chi connectivity index (χ1v) is 13.8. The van der Waals surface area contributed by atoms with Crippen LogP contribution in [0.1, 0.15) is 43.7 Å². The van der Waals surface area contributed by atoms with E-state index in [1.54, 1.807) is 21.7 Å². The van der Waals surface area contributed by atoms with Crippen LogP contribution in [0.15, 0.2) is 42.5 Å². The Morgan fingerprint density at radius 3 is 2.32 bits per heavy atom. The number of rotatable bonds is 7. The quantitative estimate of drug-likeness (QED) is 0.440. The van der Waals surface area contributed by atoms with Gasteiger partial charge in [0.1, 0.15) is 11.6 Å². The van der Waals surface area contributed by atoms with E-state index in [4.69, 9.17) is 9.84 Å². The van der Waals surface area contributed by atoms with Gasteiger partial charge >= 0.3 is 0 Å². The highest BCUT2D eigenvalue weighted by molar-refractivity contribution is 6.06. The summed E-state index contributed by atoms with van der Waals surface area (Å²) in [4.78, 5) is 47.6. The number of para-hydroxylation sites is 1. The Bertz CT molecular complexity index is 1170. The van der Waals surface area contributed by atoms with Crippen molar-refractivity contribution in [1.82, 2.24) is 9.80 Å². The molecule has 1 aromatic rings. The van der Waals surface area contributed by atoms with Gasteiger partial charge in [0, 0.05) is 39.0 Å². The molecule has 1 spiro atoms. The van der Waals surface area contributed by atoms with Crippen molar-refractivity contribution in [3.8, 4) is 0 Å². The Hall–Kier alpha value is -2.97. The molecule has 2 fully saturated rings. The molecule has 1 aromatic carbocycles. The number of likely N-dealkylation sites (N-methyl/N-ethyl adjacent to an activating group) is 1. The first kappa shape index (κ1) is 26.6. The van der Waals surface area contributed by atoms with Crippen LogP contribution in [0.25, 0.3) is 0 Å². The van der Waals surface area contributed by atoms with Crippen LogP contribution in [0.4, 0.5) is 5.69 Å². The number of carbonyl (C=O) groups is 3. The average molecular weight is 522 g/mol. The van der Waals surface area contributed by atoms with Crippen molar-refractivity contribution in [3.63, 3.8) is 0 Å². The first-order chi connectivity index (χ1) is 18.2. The summed E-state index contributed by atoms with van der Waals surface area (Å²) < 4.78 is 6.84. The highest BCUT2D eigenvalue weighted by Gasteiger charge is 2.74. The maximum atomic E-state index is 14.5. The second-order valence-corrected chi connectivity index (χ2v) is 11.4. The molecule has 1 unspecified atom stereocenters. The summed E-state index contributed by atoms with van der Waals surface area (Å²) in [5.74, 6) is -2.00. The molecule has 0 aromatic heterocycles. The molecule has 3 amide bonds. The molecule has 5 atom stereocenters. The van der Waals surface area contributed by atoms with Crippen LogP contribution in [-0.2, 0) is 19.1 Å². The number of likely N-dealkylation sites (tertiary alicyclic amines) is 1. The number of hydrogen-bond acceptors (Lipinski definition) is 5. The van der Waals surface area contributed by atoms with Gasteiger partial charge in [-0.15, -0.1) is 0 Å². The third-order valence-electron chi connectivity index (χ3n) is 8.77. The predicted molar refractivity (Wildman–Crippen MR) is 144 cm³/mol. The topological polar surface area (TPSA) is 90.4 Å². The molecule has 0 bridgehead atoms. The Morgan fingerprint density at radius 1 is 0.921 bits per heavy atom. The molecule has 4 aliphatic heterocycles. The van der Waals surface area contributed by atoms with Crippen LogP contribution in [0.2, 0.25) is 0 Å². The minimum atomic E-state index is -1.23. The molecule has 4 heterocycles. The molecule has 0 radical (unpaired) electrons. The summed E-state index contributed by atoms with van der Waals surface area (Å²) in [6.07, 6.45) is 10.8. The Kier molecular flexibility index (Phi) is 6.99. The largest absolute Gasteiger partial charge is 0.396 e. The molecule has 1 N–H and O–H groups in total. The van der Waals surface area contributed by atoms with E-state index in [-0.39, 0.29) is 24.3 Å². The van der Waals surface area contributed by atoms with Gasteiger partial charge in [0.25, 0.3) is 5.91 Å². The highest BCUT2D eigenvalue weighted by atomic mass is 16.5. The molecule has 0 aliphatic carbocycles. The molecule has 204 valence electrons. The number of aryl methyl sites for hydroxylation is 2. The number of benzene rings is 1. The summed E-state index contributed by atoms with van der Waals surface area (Å²) in [5, 5.41) is 9.15. The van der Waals surface area contributed by atoms with Crippen molar-refractivity contribution in [2.45, 2.75) is 63.7 Å². The normalized spacial score (nSPS) is 32.4. The fourth-order valence-corrected chi connectivity index (χ4v) is 7.06. The molecule has 4 aliphatic rings. The Balaban J connectivity index is 1.60. The van der Waals surface area contributed by atoms with Crippen LogP contribution in [0.5, 0.6) is 0 Å². The zero-order chi connectivity index (χ0) is 27.2. The summed E-state index contributed by atoms with van der Waals surface area (Å²) in [7, 11) is 1.75. The number of hydrogen-bond donors (Lipinski definition) is 1. The van der Waals surface area contributed by atoms with Crippen molar-refractivity contribution < 1.29 is 24.2 Å². The van der Waals surface area contributed by atoms with Crippen LogP contribution in [0.3, 0.4) is 0 Å². The van der Waals surface area contributed by atoms with Crippen LogP contribution in [0, 0.1) is 25.7 Å². The van der Waals surface area contributed by atoms with E-state index in [1.807, 2.05) is 63.3 Å². The molecule has 8 nitrogen and oxygen atoms in total. The van der Waals surface area contributed by atoms with E-state index in [0.717, 1.165) is 29.7 Å². The highest BCUT2D eigenvalue weighted by Crippen LogP contribution is 2.57. The molecule has 38 heavy (non-hydrogen) atoms. The zero-order valence-electron chi connectivity index (χ0n) is 22.9. The minimum absolute atomic E-state index is 0.132. The number of anilines is 1. The Labute approximate surface area is 224 Å². The summed E-state index contributed by atoms with van der Waals surface area (Å²) in [6.45, 7) is 7.21. The minimum Gasteiger partial charge on any atom is -0.396 e. The van der Waals surface area contributed by atoms with Crippen LogP contribution >= 0.6 is 0 Å². The monoisotopic (exact) mass is 521 g/mol. The first-order valence-electron chi connectivity index (χ1n) is 13.8. The van der Waals surface area contributed by atoms with E-state index in [9.17, 15) is 14.4 Å². The van der Waals surface area contributed by atoms with Crippen molar-refractivity contribution in [2.24, 2.45) is 11.8 Å². The third-order valence-corrected chi connectivity index (χ3v) is 8.77. The van der Waals surface area contributed by atoms with Crippen molar-refractivity contribution in [2.75, 3.05) is 38.2 Å². The van der Waals surface area contributed by atoms with Crippen molar-refractivity contribution in [1.29, 1.82) is 0 Å². The number of aliphatic hydroxyl groups excluding tert-OH is 1. The van der Waals surface area contributed by atoms with Crippen molar-refractivity contribution >= 4 is 23.4 Å². The zero-order valence-corrected chi connectivity index (χ0v) is 22.9. The lowest BCUT2D eigenvalue weighted by Crippen LogP contribution is -2.56. The second kappa shape index (κ2) is 9.97. The van der Waals surface area contributed by atoms with Gasteiger partial charge in [-0.3, -0.25) is 14.4 Å². The standard InChI is InChI=1S/C30H39N3O5/c1-20-12-9-13-21(2)24(20)32-18-11-15-30-23(22-26(35)31(4)16-10-14-29(22,3)38-30)27(36)33(25(30)28(32)37)17-7-5-6-8-19-34/h9-15,22-23,25,34H,5-8,16-19H2,1-4H3/t22-,23+,25?,29+,30+/m1/s1. The smallest absolute Gasteiger partial charge is 0.253 e. The van der Waals surface area contributed by atoms with Gasteiger partial charge in [0.2, 0.25) is 11.8 Å². The van der Waals surface area contributed by atoms with Gasteiger partial charge < -0.3 is 24.5 Å². The molecule has 8 heteroatoms. The van der Waals surface area contributed by atoms with Gasteiger partial charge in [-0.25, -0.2) is 0 Å². The second-order valence-electron chi connectivity index (χ2n) is 11.4. The van der Waals surface area contributed by atoms with Gasteiger partial charge in [-0.1, -0.05) is 55.3 Å². The number of amides is 3. The van der Waals surface area contributed by atoms with E-state index in [1.165, 1.54) is 0 Å². The predicted octanol–water partition coefficient (Wildman–Crippen LogP) is 2.76. The number of unbranched alkanes of at least 4 members (excludes halogenated alkanes) is 3. The fourth-order valence-electron chi connectivity index (χ4n) is 7.06. The van der Waals surface area contributed by atoms with Gasteiger partial charge in [0.05, 0.1) is 17.4 Å². The molecular formula is C30H39N3O5. The molecular weight excluding hydrogens is 482 g/mol. The molecule has 2 saturated heterocycles. The summed E-state index contributed by atoms with van der Waals surface area (Å²) >= 11 is 0. The van der Waals surface area contributed by atoms with E-state index in [0.29, 0.717) is 32.5 Å². The van der Waals surface area contributed by atoms with E-state index in [2.05, 4.69) is 0 Å². The van der Waals surface area contributed by atoms with E-state index < -0.39 is 29.1 Å². The lowest BCUT2D eigenvalue weighted by Gasteiger charge is -2.38. The molecule has 5 rings (SSSR count). The summed E-state index contributed by atoms with van der Waals surface area (Å²) in [6, 6.07) is 5.09. The van der Waals surface area contributed by atoms with Gasteiger partial charge in [-0.2, -0.15) is 0 Å². The Morgan fingerprint density at radius 2 is 1.61 bits per heavy atom. The SMILES string of the molecule is Cc1cccc(C)c1N1CC=C[C@]23O[C@@]4(C)C=CCN(C)C(=O)[C@H]4[C@H]2C(=O)N(CCCCCCO)C3C1=O. The molecule has 0 saturated carbocycles. The lowest BCUT2D eigenvalue weighted by atomic mass is 9.74. The number of aliphatic hydroxyl groups is 1. The number of ether oxygens (including phenoxy) is 1. The number of nitrogens with zero attached hydrogens (tertiary/aromatic N) is 3. The summed E-state index contributed by atoms with van der Waals surface area (Å²) in [5.41, 5.74) is 0.604. The fraction of sp³-hybridized carbons (Fsp3) is 0.567. The van der Waals surface area contributed by atoms with Gasteiger partial charge in [-0.05, 0) is 44.7 Å². The lowest BCUT2D eigenvalue weighted by molar-refractivity contribution is -0.148. The third kappa shape index (κ3) is 4.00. The van der Waals surface area contributed by atoms with Gasteiger partial charge in [0.15, 0.2) is 0 Å². The maximum Gasteiger partial charge on any atom is 0.253 e. The number of fused-ring (bicyclic) bond motifs is 2. The van der Waals surface area contributed by atoms with Crippen LogP contribution < -0.4 is 4.90 Å². The van der Waals surface area contributed by atoms with E-state index >= 15 is 0 Å². The average Bonchev–Trinajstić information content (AvgIpc) is 3.14. The maximum absolute atomic E-state index is 14.5.